The molecular formula is C14H23Cl2F. The fraction of sp³-hybridized carbons (Fsp3) is 1.00. The summed E-state index contributed by atoms with van der Waals surface area (Å²) < 4.78 is 14.6. The average molecular weight is 281 g/mol. The lowest BCUT2D eigenvalue weighted by Crippen LogP contribution is -2.37. The van der Waals surface area contributed by atoms with Crippen molar-refractivity contribution >= 4 is 23.2 Å². The van der Waals surface area contributed by atoms with E-state index in [9.17, 15) is 4.39 Å². The number of alkyl halides is 3. The van der Waals surface area contributed by atoms with Crippen LogP contribution >= 0.6 is 23.2 Å². The minimum atomic E-state index is -0.700. The van der Waals surface area contributed by atoms with E-state index in [0.717, 1.165) is 44.9 Å². The van der Waals surface area contributed by atoms with Crippen molar-refractivity contribution < 1.29 is 4.39 Å². The second-order valence-electron chi connectivity index (χ2n) is 6.05. The number of halogens is 3. The third-order valence-corrected chi connectivity index (χ3v) is 5.58. The monoisotopic (exact) mass is 280 g/mol. The third-order valence-electron chi connectivity index (χ3n) is 4.65. The van der Waals surface area contributed by atoms with E-state index in [1.807, 2.05) is 0 Å². The fourth-order valence-corrected chi connectivity index (χ4v) is 4.26. The zero-order valence-electron chi connectivity index (χ0n) is 10.5. The molecule has 100 valence electrons. The summed E-state index contributed by atoms with van der Waals surface area (Å²) in [5.41, 5.74) is 0. The van der Waals surface area contributed by atoms with E-state index in [4.69, 9.17) is 23.2 Å². The van der Waals surface area contributed by atoms with Crippen LogP contribution in [0.4, 0.5) is 4.39 Å². The molecule has 17 heavy (non-hydrogen) atoms. The van der Waals surface area contributed by atoms with E-state index >= 15 is 0 Å². The Morgan fingerprint density at radius 3 is 2.24 bits per heavy atom. The third kappa shape index (κ3) is 3.50. The number of hydrogen-bond acceptors (Lipinski definition) is 0. The summed E-state index contributed by atoms with van der Waals surface area (Å²) in [6.07, 6.45) is 6.24. The molecule has 4 unspecified atom stereocenters. The van der Waals surface area contributed by atoms with Crippen LogP contribution in [0.5, 0.6) is 0 Å². The van der Waals surface area contributed by atoms with Gasteiger partial charge in [0.05, 0.1) is 0 Å². The average Bonchev–Trinajstić information content (AvgIpc) is 2.29. The molecule has 0 heterocycles. The van der Waals surface area contributed by atoms with E-state index < -0.39 is 6.17 Å². The lowest BCUT2D eigenvalue weighted by molar-refractivity contribution is 0.0896. The molecule has 2 fully saturated rings. The number of hydrogen-bond donors (Lipinski definition) is 0. The molecule has 0 saturated heterocycles. The van der Waals surface area contributed by atoms with Crippen molar-refractivity contribution in [3.63, 3.8) is 0 Å². The molecule has 4 atom stereocenters. The van der Waals surface area contributed by atoms with Crippen LogP contribution in [0.3, 0.4) is 0 Å². The molecular weight excluding hydrogens is 258 g/mol. The van der Waals surface area contributed by atoms with E-state index in [-0.39, 0.29) is 22.6 Å². The van der Waals surface area contributed by atoms with Gasteiger partial charge < -0.3 is 0 Å². The lowest BCUT2D eigenvalue weighted by Gasteiger charge is -2.38. The van der Waals surface area contributed by atoms with Crippen molar-refractivity contribution in [2.24, 2.45) is 17.8 Å². The van der Waals surface area contributed by atoms with Crippen molar-refractivity contribution in [1.29, 1.82) is 0 Å². The van der Waals surface area contributed by atoms with Gasteiger partial charge in [0.1, 0.15) is 6.17 Å². The Morgan fingerprint density at radius 2 is 1.65 bits per heavy atom. The SMILES string of the molecule is CC1CCC(C(F)C2CCC(Cl)CC2)C(Cl)C1. The van der Waals surface area contributed by atoms with E-state index in [0.29, 0.717) is 5.92 Å². The molecule has 0 nitrogen and oxygen atoms in total. The van der Waals surface area contributed by atoms with Crippen LogP contribution in [0.15, 0.2) is 0 Å². The van der Waals surface area contributed by atoms with Gasteiger partial charge in [-0.2, -0.15) is 0 Å². The van der Waals surface area contributed by atoms with Crippen molar-refractivity contribution in [3.8, 4) is 0 Å². The van der Waals surface area contributed by atoms with Crippen LogP contribution in [-0.4, -0.2) is 16.9 Å². The Balaban J connectivity index is 1.88. The Bertz CT molecular complexity index is 238. The normalized spacial score (nSPS) is 45.5. The smallest absolute Gasteiger partial charge is 0.107 e. The fourth-order valence-electron chi connectivity index (χ4n) is 3.44. The van der Waals surface area contributed by atoms with Crippen LogP contribution in [0, 0.1) is 17.8 Å². The Hall–Kier alpha value is 0.510. The van der Waals surface area contributed by atoms with Gasteiger partial charge in [-0.25, -0.2) is 4.39 Å². The van der Waals surface area contributed by atoms with Crippen LogP contribution in [0.2, 0.25) is 0 Å². The maximum absolute atomic E-state index is 14.6. The molecule has 0 aromatic rings. The quantitative estimate of drug-likeness (QED) is 0.613. The molecule has 0 N–H and O–H groups in total. The van der Waals surface area contributed by atoms with Crippen molar-refractivity contribution in [2.45, 2.75) is 68.8 Å². The van der Waals surface area contributed by atoms with Crippen molar-refractivity contribution in [1.82, 2.24) is 0 Å². The second kappa shape index (κ2) is 6.10. The molecule has 0 aromatic carbocycles. The Morgan fingerprint density at radius 1 is 1.00 bits per heavy atom. The van der Waals surface area contributed by atoms with Gasteiger partial charge in [-0.05, 0) is 50.4 Å². The first kappa shape index (κ1) is 13.9. The van der Waals surface area contributed by atoms with Gasteiger partial charge in [-0.15, -0.1) is 23.2 Å². The summed E-state index contributed by atoms with van der Waals surface area (Å²) in [6, 6.07) is 0. The highest BCUT2D eigenvalue weighted by Crippen LogP contribution is 2.41. The predicted molar refractivity (Wildman–Crippen MR) is 72.6 cm³/mol. The zero-order valence-corrected chi connectivity index (χ0v) is 12.1. The number of rotatable bonds is 2. The standard InChI is InChI=1S/C14H23Cl2F/c1-9-2-7-12(13(16)8-9)14(17)10-3-5-11(15)6-4-10/h9-14H,2-8H2,1H3. The molecule has 0 bridgehead atoms. The second-order valence-corrected chi connectivity index (χ2v) is 7.23. The maximum atomic E-state index is 14.6. The molecule has 0 aliphatic heterocycles. The van der Waals surface area contributed by atoms with Gasteiger partial charge in [0, 0.05) is 16.7 Å². The van der Waals surface area contributed by atoms with E-state index in [1.165, 1.54) is 0 Å². The summed E-state index contributed by atoms with van der Waals surface area (Å²) in [5.74, 6) is 0.967. The summed E-state index contributed by atoms with van der Waals surface area (Å²) in [5, 5.41) is 0.319. The van der Waals surface area contributed by atoms with Gasteiger partial charge in [-0.1, -0.05) is 13.3 Å². The summed E-state index contributed by atoms with van der Waals surface area (Å²) >= 11 is 12.4. The van der Waals surface area contributed by atoms with Gasteiger partial charge in [0.2, 0.25) is 0 Å². The van der Waals surface area contributed by atoms with Crippen LogP contribution in [-0.2, 0) is 0 Å². The summed E-state index contributed by atoms with van der Waals surface area (Å²) in [4.78, 5) is 0. The molecule has 3 heteroatoms. The van der Waals surface area contributed by atoms with Crippen LogP contribution in [0.25, 0.3) is 0 Å². The Labute approximate surface area is 114 Å². The van der Waals surface area contributed by atoms with Gasteiger partial charge in [0.25, 0.3) is 0 Å². The summed E-state index contributed by atoms with van der Waals surface area (Å²) in [7, 11) is 0. The molecule has 2 saturated carbocycles. The molecule has 0 amide bonds. The predicted octanol–water partition coefficient (Wildman–Crippen LogP) is 5.17. The first-order valence-electron chi connectivity index (χ1n) is 7.00. The van der Waals surface area contributed by atoms with Crippen LogP contribution < -0.4 is 0 Å². The van der Waals surface area contributed by atoms with E-state index in [2.05, 4.69) is 6.92 Å². The first-order chi connectivity index (χ1) is 8.08. The minimum Gasteiger partial charge on any atom is -0.247 e. The van der Waals surface area contributed by atoms with Crippen molar-refractivity contribution in [3.05, 3.63) is 0 Å². The molecule has 2 aliphatic carbocycles. The van der Waals surface area contributed by atoms with Crippen molar-refractivity contribution in [2.75, 3.05) is 0 Å². The van der Waals surface area contributed by atoms with Gasteiger partial charge in [-0.3, -0.25) is 0 Å². The highest BCUT2D eigenvalue weighted by Gasteiger charge is 2.38. The minimum absolute atomic E-state index is 0.0440. The highest BCUT2D eigenvalue weighted by atomic mass is 35.5. The largest absolute Gasteiger partial charge is 0.247 e. The van der Waals surface area contributed by atoms with E-state index in [1.54, 1.807) is 0 Å². The molecule has 0 spiro atoms. The summed E-state index contributed by atoms with van der Waals surface area (Å²) in [6.45, 7) is 2.22. The zero-order chi connectivity index (χ0) is 12.4. The highest BCUT2D eigenvalue weighted by molar-refractivity contribution is 6.21. The molecule has 2 rings (SSSR count). The molecule has 0 aromatic heterocycles. The molecule has 0 radical (unpaired) electrons. The lowest BCUT2D eigenvalue weighted by atomic mass is 9.74. The molecule has 2 aliphatic rings. The van der Waals surface area contributed by atoms with Gasteiger partial charge >= 0.3 is 0 Å². The maximum Gasteiger partial charge on any atom is 0.107 e. The first-order valence-corrected chi connectivity index (χ1v) is 7.87. The van der Waals surface area contributed by atoms with Gasteiger partial charge in [0.15, 0.2) is 0 Å². The Kier molecular flexibility index (Phi) is 5.00. The van der Waals surface area contributed by atoms with Crippen LogP contribution in [0.1, 0.15) is 51.9 Å². The topological polar surface area (TPSA) is 0 Å².